The van der Waals surface area contributed by atoms with Gasteiger partial charge < -0.3 is 10.6 Å². The second-order valence-electron chi connectivity index (χ2n) is 7.83. The summed E-state index contributed by atoms with van der Waals surface area (Å²) in [5, 5.41) is 4.54. The average Bonchev–Trinajstić information content (AvgIpc) is 3.38. The number of aromatic nitrogens is 1. The van der Waals surface area contributed by atoms with Crippen LogP contribution < -0.4 is 10.6 Å². The molecule has 3 aromatic rings. The third-order valence-electron chi connectivity index (χ3n) is 5.47. The molecule has 2 amide bonds. The fourth-order valence-electron chi connectivity index (χ4n) is 3.66. The second kappa shape index (κ2) is 10.0. The Kier molecular flexibility index (Phi) is 7.39. The first-order chi connectivity index (χ1) is 16.9. The molecule has 1 saturated carbocycles. The van der Waals surface area contributed by atoms with E-state index in [4.69, 9.17) is 46.4 Å². The van der Waals surface area contributed by atoms with Crippen molar-refractivity contribution in [1.82, 2.24) is 4.98 Å². The van der Waals surface area contributed by atoms with Crippen LogP contribution in [0.4, 0.5) is 29.1 Å². The molecule has 2 unspecified atom stereocenters. The number of rotatable bonds is 6. The van der Waals surface area contributed by atoms with E-state index in [0.29, 0.717) is 11.6 Å². The summed E-state index contributed by atoms with van der Waals surface area (Å²) in [6.45, 7) is 0. The van der Waals surface area contributed by atoms with Gasteiger partial charge in [-0.15, -0.1) is 23.2 Å². The van der Waals surface area contributed by atoms with Crippen LogP contribution in [0.3, 0.4) is 0 Å². The summed E-state index contributed by atoms with van der Waals surface area (Å²) in [6.07, 6.45) is -2.05. The van der Waals surface area contributed by atoms with Crippen molar-refractivity contribution in [2.45, 2.75) is 16.7 Å². The van der Waals surface area contributed by atoms with Crippen molar-refractivity contribution in [2.75, 3.05) is 10.6 Å². The number of anilines is 2. The number of nitrogens with one attached hydrogen (secondary N) is 2. The van der Waals surface area contributed by atoms with E-state index >= 15 is 0 Å². The molecule has 0 spiro atoms. The van der Waals surface area contributed by atoms with Gasteiger partial charge in [0.25, 0.3) is 12.3 Å². The van der Waals surface area contributed by atoms with E-state index in [2.05, 4.69) is 15.6 Å². The lowest BCUT2D eigenvalue weighted by Gasteiger charge is -2.10. The lowest BCUT2D eigenvalue weighted by molar-refractivity contribution is -0.117. The summed E-state index contributed by atoms with van der Waals surface area (Å²) in [5.41, 5.74) is 0.0479. The maximum absolute atomic E-state index is 13.8. The minimum absolute atomic E-state index is 0.0184. The molecule has 0 aliphatic heterocycles. The van der Waals surface area contributed by atoms with Crippen LogP contribution in [0.25, 0.3) is 0 Å². The molecule has 2 atom stereocenters. The molecule has 1 aliphatic rings. The third-order valence-corrected chi connectivity index (χ3v) is 7.07. The van der Waals surface area contributed by atoms with Gasteiger partial charge in [0.15, 0.2) is 11.6 Å². The summed E-state index contributed by atoms with van der Waals surface area (Å²) >= 11 is 24.6. The molecule has 4 rings (SSSR count). The first-order valence-electron chi connectivity index (χ1n) is 10.1. The van der Waals surface area contributed by atoms with Crippen molar-refractivity contribution < 1.29 is 27.2 Å². The Morgan fingerprint density at radius 2 is 1.69 bits per heavy atom. The number of carbonyl (C=O) groups is 2. The average molecular weight is 581 g/mol. The smallest absolute Gasteiger partial charge is 0.265 e. The lowest BCUT2D eigenvalue weighted by atomic mass is 10.1. The topological polar surface area (TPSA) is 71.1 Å². The van der Waals surface area contributed by atoms with Gasteiger partial charge in [0.05, 0.1) is 22.7 Å². The highest BCUT2D eigenvalue weighted by Crippen LogP contribution is 2.65. The number of alkyl halides is 4. The van der Waals surface area contributed by atoms with E-state index in [0.717, 1.165) is 12.3 Å². The van der Waals surface area contributed by atoms with Gasteiger partial charge in [0.2, 0.25) is 5.91 Å². The summed E-state index contributed by atoms with van der Waals surface area (Å²) in [4.78, 5) is 29.0. The largest absolute Gasteiger partial charge is 0.326 e. The number of pyridine rings is 1. The molecule has 1 fully saturated rings. The first-order valence-corrected chi connectivity index (χ1v) is 11.6. The van der Waals surface area contributed by atoms with Gasteiger partial charge in [0.1, 0.15) is 10.2 Å². The molecule has 0 bridgehead atoms. The molecule has 1 aromatic heterocycles. The molecule has 2 aromatic carbocycles. The van der Waals surface area contributed by atoms with Crippen LogP contribution in [0.2, 0.25) is 10.0 Å². The van der Waals surface area contributed by atoms with E-state index in [1.54, 1.807) is 0 Å². The van der Waals surface area contributed by atoms with Gasteiger partial charge >= 0.3 is 0 Å². The Hall–Kier alpha value is -2.59. The van der Waals surface area contributed by atoms with Gasteiger partial charge in [-0.1, -0.05) is 35.3 Å². The van der Waals surface area contributed by atoms with Crippen molar-refractivity contribution in [1.29, 1.82) is 0 Å². The quantitative estimate of drug-likeness (QED) is 0.236. The third kappa shape index (κ3) is 5.25. The van der Waals surface area contributed by atoms with E-state index < -0.39 is 51.9 Å². The van der Waals surface area contributed by atoms with Gasteiger partial charge in [-0.3, -0.25) is 9.59 Å². The fraction of sp³-hybridized carbons (Fsp3) is 0.174. The molecule has 2 N–H and O–H groups in total. The second-order valence-corrected chi connectivity index (χ2v) is 10.1. The van der Waals surface area contributed by atoms with E-state index in [9.17, 15) is 27.2 Å². The molecule has 13 heteroatoms. The van der Waals surface area contributed by atoms with Crippen LogP contribution in [0.5, 0.6) is 0 Å². The Morgan fingerprint density at radius 1 is 0.972 bits per heavy atom. The molecule has 0 saturated heterocycles. The van der Waals surface area contributed by atoms with Crippen LogP contribution in [0.1, 0.15) is 33.8 Å². The van der Waals surface area contributed by atoms with Crippen LogP contribution in [0, 0.1) is 17.6 Å². The standard InChI is InChI=1S/C23H13Cl4F4N3O2/c24-14-4-2-11(7-13(14)21(35)34-20-16(29)6-10(28)8-32-20)33-22(36)18-17(23(18,26)27)9-1-3-12(19(30)31)15(25)5-9/h1-8,17-19H,(H,33,36)(H,32,34,35). The summed E-state index contributed by atoms with van der Waals surface area (Å²) in [6, 6.07) is 8.30. The van der Waals surface area contributed by atoms with Crippen molar-refractivity contribution in [3.63, 3.8) is 0 Å². The van der Waals surface area contributed by atoms with Crippen molar-refractivity contribution in [3.05, 3.63) is 87.0 Å². The zero-order valence-corrected chi connectivity index (χ0v) is 20.7. The fourth-order valence-corrected chi connectivity index (χ4v) is 4.96. The van der Waals surface area contributed by atoms with Crippen LogP contribution in [-0.2, 0) is 4.79 Å². The van der Waals surface area contributed by atoms with Crippen molar-refractivity contribution >= 4 is 69.7 Å². The predicted molar refractivity (Wildman–Crippen MR) is 129 cm³/mol. The van der Waals surface area contributed by atoms with Gasteiger partial charge in [-0.25, -0.2) is 22.5 Å². The Bertz CT molecular complexity index is 1370. The highest BCUT2D eigenvalue weighted by atomic mass is 35.5. The van der Waals surface area contributed by atoms with Gasteiger partial charge in [-0.2, -0.15) is 0 Å². The molecule has 36 heavy (non-hydrogen) atoms. The SMILES string of the molecule is O=C(Nc1ncc(F)cc1F)c1cc(NC(=O)C2C(c3ccc(C(F)F)c(Cl)c3)C2(Cl)Cl)ccc1Cl. The lowest BCUT2D eigenvalue weighted by Crippen LogP contribution is -2.18. The summed E-state index contributed by atoms with van der Waals surface area (Å²) in [5.74, 6) is -5.69. The minimum Gasteiger partial charge on any atom is -0.326 e. The number of amides is 2. The number of benzene rings is 2. The maximum Gasteiger partial charge on any atom is 0.265 e. The van der Waals surface area contributed by atoms with E-state index in [-0.39, 0.29) is 26.9 Å². The highest BCUT2D eigenvalue weighted by molar-refractivity contribution is 6.53. The zero-order chi connectivity index (χ0) is 26.4. The molecular formula is C23H13Cl4F4N3O2. The van der Waals surface area contributed by atoms with Gasteiger partial charge in [0, 0.05) is 28.3 Å². The summed E-state index contributed by atoms with van der Waals surface area (Å²) in [7, 11) is 0. The minimum atomic E-state index is -2.77. The van der Waals surface area contributed by atoms with Crippen molar-refractivity contribution in [2.24, 2.45) is 5.92 Å². The maximum atomic E-state index is 13.8. The molecular weight excluding hydrogens is 568 g/mol. The normalized spacial score (nSPS) is 18.1. The highest BCUT2D eigenvalue weighted by Gasteiger charge is 2.67. The number of nitrogens with zero attached hydrogens (tertiary/aromatic N) is 1. The number of carbonyl (C=O) groups excluding carboxylic acids is 2. The Balaban J connectivity index is 1.50. The Morgan fingerprint density at radius 3 is 2.33 bits per heavy atom. The zero-order valence-electron chi connectivity index (χ0n) is 17.6. The molecule has 188 valence electrons. The van der Waals surface area contributed by atoms with Crippen LogP contribution >= 0.6 is 46.4 Å². The molecule has 1 heterocycles. The molecule has 1 aliphatic carbocycles. The number of hydrogen-bond acceptors (Lipinski definition) is 3. The van der Waals surface area contributed by atoms with Crippen LogP contribution in [0.15, 0.2) is 48.7 Å². The summed E-state index contributed by atoms with van der Waals surface area (Å²) < 4.78 is 51.3. The first kappa shape index (κ1) is 26.5. The molecule has 5 nitrogen and oxygen atoms in total. The van der Waals surface area contributed by atoms with Crippen LogP contribution in [-0.4, -0.2) is 21.1 Å². The monoisotopic (exact) mass is 579 g/mol. The van der Waals surface area contributed by atoms with Crippen molar-refractivity contribution in [3.8, 4) is 0 Å². The Labute approximate surface area is 221 Å². The van der Waals surface area contributed by atoms with Gasteiger partial charge in [-0.05, 0) is 29.8 Å². The van der Waals surface area contributed by atoms with E-state index in [1.165, 1.54) is 30.3 Å². The number of halogens is 8. The number of hydrogen-bond donors (Lipinski definition) is 2. The molecule has 0 radical (unpaired) electrons. The van der Waals surface area contributed by atoms with E-state index in [1.807, 2.05) is 0 Å². The predicted octanol–water partition coefficient (Wildman–Crippen LogP) is 7.38.